The average molecular weight is 532 g/mol. The minimum Gasteiger partial charge on any atom is -0.384 e. The van der Waals surface area contributed by atoms with E-state index < -0.39 is 0 Å². The molecule has 1 saturated carbocycles. The van der Waals surface area contributed by atoms with Crippen LogP contribution in [-0.2, 0) is 25.6 Å². The van der Waals surface area contributed by atoms with E-state index in [0.717, 1.165) is 60.9 Å². The van der Waals surface area contributed by atoms with Crippen molar-refractivity contribution in [2.75, 3.05) is 30.0 Å². The highest BCUT2D eigenvalue weighted by Crippen LogP contribution is 2.52. The maximum Gasteiger partial charge on any atom is 0.260 e. The van der Waals surface area contributed by atoms with Gasteiger partial charge >= 0.3 is 0 Å². The van der Waals surface area contributed by atoms with Crippen molar-refractivity contribution < 1.29 is 4.79 Å². The summed E-state index contributed by atoms with van der Waals surface area (Å²) in [6.45, 7) is 8.22. The van der Waals surface area contributed by atoms with E-state index in [1.54, 1.807) is 23.0 Å². The van der Waals surface area contributed by atoms with E-state index in [-0.39, 0.29) is 11.3 Å². The van der Waals surface area contributed by atoms with Gasteiger partial charge in [0.25, 0.3) is 5.91 Å². The second kappa shape index (κ2) is 9.68. The number of fused-ring (bicyclic) bond motifs is 1. The molecule has 1 aromatic carbocycles. The van der Waals surface area contributed by atoms with Crippen molar-refractivity contribution in [1.29, 1.82) is 0 Å². The Morgan fingerprint density at radius 3 is 2.66 bits per heavy atom. The fraction of sp³-hybridized carbons (Fsp3) is 0.517. The van der Waals surface area contributed by atoms with Crippen molar-refractivity contribution in [3.05, 3.63) is 58.7 Å². The molecule has 9 heteroatoms. The molecule has 0 spiro atoms. The zero-order chi connectivity index (χ0) is 26.6. The lowest BCUT2D eigenvalue weighted by atomic mass is 9.58. The van der Waals surface area contributed by atoms with Crippen LogP contribution in [0.2, 0.25) is 0 Å². The van der Waals surface area contributed by atoms with Gasteiger partial charge in [-0.2, -0.15) is 0 Å². The summed E-state index contributed by atoms with van der Waals surface area (Å²) in [5.74, 6) is 3.27. The smallest absolute Gasteiger partial charge is 0.260 e. The minimum atomic E-state index is -0.269. The van der Waals surface area contributed by atoms with Crippen molar-refractivity contribution in [2.24, 2.45) is 18.9 Å². The summed E-state index contributed by atoms with van der Waals surface area (Å²) >= 11 is 1.71. The summed E-state index contributed by atoms with van der Waals surface area (Å²) in [7, 11) is 1.98. The van der Waals surface area contributed by atoms with Gasteiger partial charge < -0.3 is 10.3 Å². The summed E-state index contributed by atoms with van der Waals surface area (Å²) in [6, 6.07) is 8.38. The molecule has 2 aliphatic heterocycles. The Morgan fingerprint density at radius 2 is 1.97 bits per heavy atom. The fourth-order valence-electron chi connectivity index (χ4n) is 6.92. The van der Waals surface area contributed by atoms with Crippen LogP contribution in [0.1, 0.15) is 72.4 Å². The van der Waals surface area contributed by atoms with Crippen molar-refractivity contribution in [1.82, 2.24) is 24.6 Å². The first kappa shape index (κ1) is 25.4. The Morgan fingerprint density at radius 1 is 1.16 bits per heavy atom. The first-order valence-electron chi connectivity index (χ1n) is 13.6. The largest absolute Gasteiger partial charge is 0.384 e. The van der Waals surface area contributed by atoms with Crippen LogP contribution in [0.3, 0.4) is 0 Å². The van der Waals surface area contributed by atoms with Gasteiger partial charge in [0.2, 0.25) is 0 Å². The first-order chi connectivity index (χ1) is 18.3. The lowest BCUT2D eigenvalue weighted by molar-refractivity contribution is 0.0995. The average Bonchev–Trinajstić information content (AvgIpc) is 3.44. The molecule has 1 aliphatic carbocycles. The van der Waals surface area contributed by atoms with Gasteiger partial charge in [-0.25, -0.2) is 4.98 Å². The summed E-state index contributed by atoms with van der Waals surface area (Å²) in [6.07, 6.45) is 8.31. The van der Waals surface area contributed by atoms with Crippen LogP contribution in [-0.4, -0.2) is 49.9 Å². The number of anilines is 2. The van der Waals surface area contributed by atoms with Crippen LogP contribution in [0.25, 0.3) is 0 Å². The van der Waals surface area contributed by atoms with E-state index in [9.17, 15) is 4.79 Å². The van der Waals surface area contributed by atoms with Crippen molar-refractivity contribution in [3.63, 3.8) is 0 Å². The fourth-order valence-corrected chi connectivity index (χ4v) is 7.61. The lowest BCUT2D eigenvalue weighted by Gasteiger charge is -2.46. The summed E-state index contributed by atoms with van der Waals surface area (Å²) in [5.41, 5.74) is 10.3. The number of likely N-dealkylation sites (tertiary alicyclic amines) is 1. The maximum atomic E-state index is 13.8. The minimum absolute atomic E-state index is 0.00268. The number of aryl methyl sites for hydroxylation is 1. The third-order valence-corrected chi connectivity index (χ3v) is 9.43. The number of carbonyl (C=O) groups is 1. The molecule has 0 radical (unpaired) electrons. The molecule has 200 valence electrons. The van der Waals surface area contributed by atoms with E-state index in [4.69, 9.17) is 5.73 Å². The number of hydrogen-bond donors (Lipinski definition) is 1. The molecule has 1 saturated heterocycles. The molecule has 38 heavy (non-hydrogen) atoms. The zero-order valence-electron chi connectivity index (χ0n) is 22.8. The van der Waals surface area contributed by atoms with Gasteiger partial charge in [0, 0.05) is 30.6 Å². The Balaban J connectivity index is 1.33. The van der Waals surface area contributed by atoms with Crippen molar-refractivity contribution >= 4 is 29.3 Å². The van der Waals surface area contributed by atoms with E-state index >= 15 is 0 Å². The predicted octanol–water partition coefficient (Wildman–Crippen LogP) is 4.62. The number of aromatic nitrogens is 4. The number of piperidine rings is 1. The van der Waals surface area contributed by atoms with Gasteiger partial charge in [-0.1, -0.05) is 13.8 Å². The molecule has 2 aromatic heterocycles. The highest BCUT2D eigenvalue weighted by atomic mass is 32.2. The molecule has 0 unspecified atom stereocenters. The van der Waals surface area contributed by atoms with Gasteiger partial charge in [-0.05, 0) is 91.3 Å². The zero-order valence-corrected chi connectivity index (χ0v) is 23.6. The third kappa shape index (κ3) is 4.29. The van der Waals surface area contributed by atoms with E-state index in [2.05, 4.69) is 58.4 Å². The Kier molecular flexibility index (Phi) is 6.46. The van der Waals surface area contributed by atoms with Crippen LogP contribution >= 0.6 is 11.8 Å². The maximum absolute atomic E-state index is 13.8. The number of pyridine rings is 1. The molecule has 0 bridgehead atoms. The second-order valence-corrected chi connectivity index (χ2v) is 12.5. The van der Waals surface area contributed by atoms with E-state index in [1.165, 1.54) is 23.3 Å². The number of rotatable bonds is 6. The predicted molar refractivity (Wildman–Crippen MR) is 151 cm³/mol. The summed E-state index contributed by atoms with van der Waals surface area (Å²) in [4.78, 5) is 24.0. The summed E-state index contributed by atoms with van der Waals surface area (Å²) < 4.78 is 1.99. The first-order valence-corrected chi connectivity index (χ1v) is 14.9. The van der Waals surface area contributed by atoms with Crippen LogP contribution in [0.4, 0.5) is 11.6 Å². The molecule has 2 N–H and O–H groups in total. The Labute approximate surface area is 229 Å². The van der Waals surface area contributed by atoms with E-state index in [1.807, 2.05) is 17.7 Å². The van der Waals surface area contributed by atoms with Gasteiger partial charge in [0.05, 0.1) is 12.0 Å². The molecular weight excluding hydrogens is 494 g/mol. The summed E-state index contributed by atoms with van der Waals surface area (Å²) in [5, 5.41) is 8.62. The topological polar surface area (TPSA) is 93.2 Å². The molecule has 3 aromatic rings. The van der Waals surface area contributed by atoms with Gasteiger partial charge in [-0.15, -0.1) is 22.0 Å². The molecule has 6 rings (SSSR count). The highest BCUT2D eigenvalue weighted by molar-refractivity contribution is 7.98. The SMILES string of the molecule is CSc1cc(CN2CCC[C@H](C)C2)cc2c1CN(c1cc(C3(c4nncn4C)CC(C)C3)cc(N)n1)C2=O. The Bertz CT molecular complexity index is 1380. The molecule has 1 atom stereocenters. The molecule has 2 fully saturated rings. The number of carbonyl (C=O) groups excluding carboxylic acids is 1. The van der Waals surface area contributed by atoms with Gasteiger partial charge in [-0.3, -0.25) is 14.6 Å². The lowest BCUT2D eigenvalue weighted by Crippen LogP contribution is -2.43. The quantitative estimate of drug-likeness (QED) is 0.464. The van der Waals surface area contributed by atoms with Crippen LogP contribution in [0, 0.1) is 11.8 Å². The van der Waals surface area contributed by atoms with Crippen molar-refractivity contribution in [3.8, 4) is 0 Å². The highest BCUT2D eigenvalue weighted by Gasteiger charge is 2.48. The molecular formula is C29H37N7OS. The van der Waals surface area contributed by atoms with E-state index in [0.29, 0.717) is 24.1 Å². The molecule has 1 amide bonds. The van der Waals surface area contributed by atoms with Crippen LogP contribution in [0.5, 0.6) is 0 Å². The number of nitrogens with zero attached hydrogens (tertiary/aromatic N) is 6. The third-order valence-electron chi connectivity index (χ3n) is 8.62. The van der Waals surface area contributed by atoms with Crippen molar-refractivity contribution in [2.45, 2.75) is 62.9 Å². The van der Waals surface area contributed by atoms with Crippen LogP contribution < -0.4 is 10.6 Å². The molecule has 8 nitrogen and oxygen atoms in total. The number of amides is 1. The normalized spacial score (nSPS) is 25.5. The Hall–Kier alpha value is -2.91. The number of thioether (sulfide) groups is 1. The van der Waals surface area contributed by atoms with Gasteiger partial charge in [0.1, 0.15) is 23.8 Å². The monoisotopic (exact) mass is 531 g/mol. The molecule has 4 heterocycles. The number of benzene rings is 1. The standard InChI is InChI=1S/C29H37N7OS/c1-18-6-5-7-35(14-18)15-20-8-22-23(24(9-20)38-4)16-36(27(22)37)26-11-21(10-25(30)32-26)29(12-19(2)13-29)28-33-31-17-34(28)3/h8-11,17-19H,5-7,12-16H2,1-4H3,(H2,30,32)/t18-,19?,29?/m0/s1. The van der Waals surface area contributed by atoms with Crippen LogP contribution in [0.15, 0.2) is 35.5 Å². The second-order valence-electron chi connectivity index (χ2n) is 11.7. The molecule has 3 aliphatic rings. The van der Waals surface area contributed by atoms with Gasteiger partial charge in [0.15, 0.2) is 0 Å². The number of nitrogens with two attached hydrogens (primary N) is 1. The number of nitrogen functional groups attached to an aromatic ring is 1. The number of hydrogen-bond acceptors (Lipinski definition) is 7.